The van der Waals surface area contributed by atoms with Crippen LogP contribution in [0.25, 0.3) is 0 Å². The zero-order chi connectivity index (χ0) is 21.6. The van der Waals surface area contributed by atoms with Crippen LogP contribution in [-0.2, 0) is 0 Å². The van der Waals surface area contributed by atoms with Crippen LogP contribution in [0.2, 0.25) is 0 Å². The molecule has 1 aliphatic carbocycles. The molecule has 1 heterocycles. The Kier molecular flexibility index (Phi) is 7.13. The third-order valence-corrected chi connectivity index (χ3v) is 6.68. The maximum Gasteiger partial charge on any atom is 0.251 e. The van der Waals surface area contributed by atoms with Crippen molar-refractivity contribution in [3.8, 4) is 11.5 Å². The summed E-state index contributed by atoms with van der Waals surface area (Å²) in [6.07, 6.45) is 7.83. The van der Waals surface area contributed by atoms with E-state index in [9.17, 15) is 4.79 Å². The van der Waals surface area contributed by atoms with E-state index >= 15 is 0 Å². The van der Waals surface area contributed by atoms with Gasteiger partial charge in [-0.2, -0.15) is 0 Å². The zero-order valence-electron chi connectivity index (χ0n) is 18.7. The molecule has 166 valence electrons. The molecule has 1 atom stereocenters. The zero-order valence-corrected chi connectivity index (χ0v) is 18.7. The Hall–Kier alpha value is -2.53. The van der Waals surface area contributed by atoms with Crippen molar-refractivity contribution in [2.45, 2.75) is 63.6 Å². The van der Waals surface area contributed by atoms with Crippen molar-refractivity contribution in [3.63, 3.8) is 0 Å². The van der Waals surface area contributed by atoms with Gasteiger partial charge < -0.3 is 19.7 Å². The van der Waals surface area contributed by atoms with Crippen LogP contribution in [0, 0.1) is 0 Å². The molecule has 1 N–H and O–H groups in total. The smallest absolute Gasteiger partial charge is 0.251 e. The van der Waals surface area contributed by atoms with E-state index in [0.717, 1.165) is 49.0 Å². The maximum atomic E-state index is 12.8. The number of carbonyl (C=O) groups is 1. The molecule has 2 aliphatic rings. The number of nitrogens with zero attached hydrogens (tertiary/aromatic N) is 1. The predicted molar refractivity (Wildman–Crippen MR) is 123 cm³/mol. The van der Waals surface area contributed by atoms with Gasteiger partial charge in [0.25, 0.3) is 5.91 Å². The summed E-state index contributed by atoms with van der Waals surface area (Å²) >= 11 is 0. The fourth-order valence-corrected chi connectivity index (χ4v) is 4.79. The number of piperidine rings is 1. The fraction of sp³-hybridized carbons (Fsp3) is 0.500. The van der Waals surface area contributed by atoms with E-state index in [-0.39, 0.29) is 18.1 Å². The first-order valence-corrected chi connectivity index (χ1v) is 11.6. The Morgan fingerprint density at radius 1 is 1.00 bits per heavy atom. The molecular weight excluding hydrogens is 388 g/mol. The van der Waals surface area contributed by atoms with Crippen LogP contribution >= 0.6 is 0 Å². The van der Waals surface area contributed by atoms with Crippen molar-refractivity contribution in [2.75, 3.05) is 20.2 Å². The Labute approximate surface area is 185 Å². The number of nitrogens with one attached hydrogen (secondary N) is 1. The van der Waals surface area contributed by atoms with Gasteiger partial charge in [-0.3, -0.25) is 4.79 Å². The van der Waals surface area contributed by atoms with Crippen LogP contribution in [0.15, 0.2) is 48.5 Å². The van der Waals surface area contributed by atoms with Gasteiger partial charge in [-0.15, -0.1) is 0 Å². The SMILES string of the molecule is COc1ccc([C@@H](C)NC(=O)c2cccc(OC3CCN(C4CCCC4)CC3)c2)cc1. The second-order valence-electron chi connectivity index (χ2n) is 8.79. The number of carbonyl (C=O) groups excluding carboxylic acids is 1. The summed E-state index contributed by atoms with van der Waals surface area (Å²) in [5, 5.41) is 3.08. The van der Waals surface area contributed by atoms with Crippen molar-refractivity contribution >= 4 is 5.91 Å². The summed E-state index contributed by atoms with van der Waals surface area (Å²) in [7, 11) is 1.65. The number of ether oxygens (including phenoxy) is 2. The molecule has 0 spiro atoms. The van der Waals surface area contributed by atoms with Crippen LogP contribution in [-0.4, -0.2) is 43.2 Å². The van der Waals surface area contributed by atoms with Gasteiger partial charge in [0.15, 0.2) is 0 Å². The molecule has 0 radical (unpaired) electrons. The van der Waals surface area contributed by atoms with Crippen LogP contribution in [0.5, 0.6) is 11.5 Å². The lowest BCUT2D eigenvalue weighted by atomic mass is 10.0. The fourth-order valence-electron chi connectivity index (χ4n) is 4.79. The first kappa shape index (κ1) is 21.7. The van der Waals surface area contributed by atoms with Gasteiger partial charge in [0.2, 0.25) is 0 Å². The van der Waals surface area contributed by atoms with Crippen molar-refractivity contribution in [1.29, 1.82) is 0 Å². The van der Waals surface area contributed by atoms with Gasteiger partial charge in [-0.05, 0) is 68.5 Å². The van der Waals surface area contributed by atoms with E-state index in [0.29, 0.717) is 5.56 Å². The highest BCUT2D eigenvalue weighted by molar-refractivity contribution is 5.94. The van der Waals surface area contributed by atoms with E-state index in [1.165, 1.54) is 25.7 Å². The monoisotopic (exact) mass is 422 g/mol. The standard InChI is InChI=1S/C26H34N2O3/c1-19(20-10-12-23(30-2)13-11-20)27-26(29)21-6-5-9-25(18-21)31-24-14-16-28(17-15-24)22-7-3-4-8-22/h5-6,9-13,18-19,22,24H,3-4,7-8,14-17H2,1-2H3,(H,27,29)/t19-/m1/s1. The highest BCUT2D eigenvalue weighted by Crippen LogP contribution is 2.28. The topological polar surface area (TPSA) is 50.8 Å². The summed E-state index contributed by atoms with van der Waals surface area (Å²) in [6, 6.07) is 16.0. The van der Waals surface area contributed by atoms with Crippen molar-refractivity contribution in [1.82, 2.24) is 10.2 Å². The summed E-state index contributed by atoms with van der Waals surface area (Å²) in [4.78, 5) is 15.4. The van der Waals surface area contributed by atoms with Crippen molar-refractivity contribution < 1.29 is 14.3 Å². The van der Waals surface area contributed by atoms with E-state index < -0.39 is 0 Å². The summed E-state index contributed by atoms with van der Waals surface area (Å²) in [6.45, 7) is 4.22. The van der Waals surface area contributed by atoms with Crippen LogP contribution in [0.1, 0.15) is 67.4 Å². The molecule has 5 heteroatoms. The molecule has 1 aliphatic heterocycles. The molecule has 0 bridgehead atoms. The first-order chi connectivity index (χ1) is 15.1. The molecule has 2 aromatic rings. The van der Waals surface area contributed by atoms with Crippen LogP contribution in [0.3, 0.4) is 0 Å². The normalized spacial score (nSPS) is 19.2. The van der Waals surface area contributed by atoms with E-state index in [1.807, 2.05) is 55.5 Å². The predicted octanol–water partition coefficient (Wildman–Crippen LogP) is 4.97. The Morgan fingerprint density at radius 3 is 2.39 bits per heavy atom. The second kappa shape index (κ2) is 10.2. The Bertz CT molecular complexity index is 853. The molecule has 1 saturated carbocycles. The molecule has 31 heavy (non-hydrogen) atoms. The first-order valence-electron chi connectivity index (χ1n) is 11.6. The number of amides is 1. The highest BCUT2D eigenvalue weighted by Gasteiger charge is 2.27. The maximum absolute atomic E-state index is 12.8. The molecule has 1 amide bonds. The Balaban J connectivity index is 1.30. The average molecular weight is 423 g/mol. The minimum Gasteiger partial charge on any atom is -0.497 e. The molecule has 0 aromatic heterocycles. The molecule has 2 fully saturated rings. The lowest BCUT2D eigenvalue weighted by Crippen LogP contribution is -2.43. The summed E-state index contributed by atoms with van der Waals surface area (Å²) in [5.74, 6) is 1.50. The highest BCUT2D eigenvalue weighted by atomic mass is 16.5. The van der Waals surface area contributed by atoms with Gasteiger partial charge in [0.05, 0.1) is 13.2 Å². The molecular formula is C26H34N2O3. The van der Waals surface area contributed by atoms with Crippen molar-refractivity contribution in [3.05, 3.63) is 59.7 Å². The number of methoxy groups -OCH3 is 1. The summed E-state index contributed by atoms with van der Waals surface area (Å²) in [5.41, 5.74) is 1.66. The van der Waals surface area contributed by atoms with Gasteiger partial charge in [0.1, 0.15) is 17.6 Å². The van der Waals surface area contributed by atoms with Gasteiger partial charge >= 0.3 is 0 Å². The number of hydrogen-bond acceptors (Lipinski definition) is 4. The molecule has 0 unspecified atom stereocenters. The average Bonchev–Trinajstić information content (AvgIpc) is 3.35. The van der Waals surface area contributed by atoms with Gasteiger partial charge in [-0.25, -0.2) is 0 Å². The van der Waals surface area contributed by atoms with Gasteiger partial charge in [-0.1, -0.05) is 31.0 Å². The van der Waals surface area contributed by atoms with Crippen molar-refractivity contribution in [2.24, 2.45) is 0 Å². The minimum absolute atomic E-state index is 0.0928. The number of likely N-dealkylation sites (tertiary alicyclic amines) is 1. The Morgan fingerprint density at radius 2 is 1.71 bits per heavy atom. The van der Waals surface area contributed by atoms with E-state index in [4.69, 9.17) is 9.47 Å². The summed E-state index contributed by atoms with van der Waals surface area (Å²) < 4.78 is 11.5. The molecule has 1 saturated heterocycles. The lowest BCUT2D eigenvalue weighted by Gasteiger charge is -2.36. The van der Waals surface area contributed by atoms with E-state index in [2.05, 4.69) is 10.2 Å². The van der Waals surface area contributed by atoms with Crippen LogP contribution in [0.4, 0.5) is 0 Å². The second-order valence-corrected chi connectivity index (χ2v) is 8.79. The minimum atomic E-state index is -0.0945. The number of rotatable bonds is 7. The largest absolute Gasteiger partial charge is 0.497 e. The number of hydrogen-bond donors (Lipinski definition) is 1. The lowest BCUT2D eigenvalue weighted by molar-refractivity contribution is 0.0765. The molecule has 4 rings (SSSR count). The van der Waals surface area contributed by atoms with Crippen LogP contribution < -0.4 is 14.8 Å². The number of benzene rings is 2. The quantitative estimate of drug-likeness (QED) is 0.684. The van der Waals surface area contributed by atoms with Gasteiger partial charge in [0, 0.05) is 24.7 Å². The molecule has 2 aromatic carbocycles. The third kappa shape index (κ3) is 5.59. The third-order valence-electron chi connectivity index (χ3n) is 6.68. The van der Waals surface area contributed by atoms with E-state index in [1.54, 1.807) is 7.11 Å². The molecule has 5 nitrogen and oxygen atoms in total.